The van der Waals surface area contributed by atoms with Gasteiger partial charge < -0.3 is 4.84 Å². The van der Waals surface area contributed by atoms with Crippen molar-refractivity contribution in [3.63, 3.8) is 0 Å². The Morgan fingerprint density at radius 1 is 1.04 bits per heavy atom. The van der Waals surface area contributed by atoms with Gasteiger partial charge in [-0.05, 0) is 36.8 Å². The van der Waals surface area contributed by atoms with E-state index in [1.807, 2.05) is 0 Å². The van der Waals surface area contributed by atoms with Crippen LogP contribution in [-0.2, 0) is 9.63 Å². The third-order valence-corrected chi connectivity index (χ3v) is 3.64. The summed E-state index contributed by atoms with van der Waals surface area (Å²) in [5.74, 6) is -3.50. The zero-order valence-electron chi connectivity index (χ0n) is 12.2. The normalized spacial score (nSPS) is 14.6. The van der Waals surface area contributed by atoms with Crippen LogP contribution in [0.3, 0.4) is 0 Å². The number of carbonyl (C=O) groups is 3. The predicted octanol–water partition coefficient (Wildman–Crippen LogP) is 2.68. The average molecular weight is 313 g/mol. The van der Waals surface area contributed by atoms with Gasteiger partial charge >= 0.3 is 5.97 Å². The second-order valence-electron chi connectivity index (χ2n) is 5.14. The molecule has 1 unspecified atom stereocenters. The van der Waals surface area contributed by atoms with Crippen molar-refractivity contribution in [2.24, 2.45) is 0 Å². The summed E-state index contributed by atoms with van der Waals surface area (Å²) in [5.41, 5.74) is 0.763. The predicted molar refractivity (Wildman–Crippen MR) is 77.8 cm³/mol. The molecule has 3 rings (SSSR count). The lowest BCUT2D eigenvalue weighted by Gasteiger charge is -2.16. The van der Waals surface area contributed by atoms with Crippen molar-refractivity contribution >= 4 is 17.8 Å². The van der Waals surface area contributed by atoms with Crippen LogP contribution in [0.4, 0.5) is 4.39 Å². The monoisotopic (exact) mass is 313 g/mol. The molecule has 6 heteroatoms. The number of nitrogens with zero attached hydrogens (tertiary/aromatic N) is 1. The fourth-order valence-electron chi connectivity index (χ4n) is 2.33. The summed E-state index contributed by atoms with van der Waals surface area (Å²) < 4.78 is 13.2. The number of rotatable bonds is 3. The number of hydrogen-bond acceptors (Lipinski definition) is 4. The van der Waals surface area contributed by atoms with Crippen molar-refractivity contribution < 1.29 is 23.6 Å². The van der Waals surface area contributed by atoms with Crippen LogP contribution < -0.4 is 0 Å². The van der Waals surface area contributed by atoms with Crippen LogP contribution in [0.25, 0.3) is 0 Å². The highest BCUT2D eigenvalue weighted by molar-refractivity contribution is 6.20. The number of benzene rings is 2. The molecular formula is C17H12FNO4. The van der Waals surface area contributed by atoms with E-state index in [2.05, 4.69) is 0 Å². The van der Waals surface area contributed by atoms with E-state index >= 15 is 0 Å². The first-order chi connectivity index (χ1) is 11.0. The molecule has 0 saturated heterocycles. The molecular weight excluding hydrogens is 301 g/mol. The molecule has 0 fully saturated rings. The zero-order valence-corrected chi connectivity index (χ0v) is 12.2. The van der Waals surface area contributed by atoms with Gasteiger partial charge in [0, 0.05) is 0 Å². The van der Waals surface area contributed by atoms with Gasteiger partial charge in [-0.25, -0.2) is 9.18 Å². The number of imide groups is 1. The van der Waals surface area contributed by atoms with E-state index in [0.717, 1.165) is 0 Å². The van der Waals surface area contributed by atoms with E-state index in [1.54, 1.807) is 18.2 Å². The summed E-state index contributed by atoms with van der Waals surface area (Å²) in [6.07, 6.45) is 0. The van der Waals surface area contributed by atoms with Gasteiger partial charge in [0.2, 0.25) is 0 Å². The van der Waals surface area contributed by atoms with Crippen LogP contribution in [0, 0.1) is 5.82 Å². The number of halogens is 1. The molecule has 0 saturated carbocycles. The first-order valence-electron chi connectivity index (χ1n) is 6.94. The highest BCUT2D eigenvalue weighted by Crippen LogP contribution is 2.25. The maximum absolute atomic E-state index is 13.2. The minimum absolute atomic E-state index is 0.184. The lowest BCUT2D eigenvalue weighted by Crippen LogP contribution is -2.34. The summed E-state index contributed by atoms with van der Waals surface area (Å²) in [7, 11) is 0. The highest BCUT2D eigenvalue weighted by atomic mass is 19.1. The van der Waals surface area contributed by atoms with Crippen LogP contribution in [0.15, 0.2) is 48.5 Å². The fourth-order valence-corrected chi connectivity index (χ4v) is 2.33. The smallest absolute Gasteiger partial charge is 0.329 e. The largest absolute Gasteiger partial charge is 0.340 e. The van der Waals surface area contributed by atoms with Crippen molar-refractivity contribution in [1.82, 2.24) is 5.06 Å². The van der Waals surface area contributed by atoms with Gasteiger partial charge in [0.1, 0.15) is 5.82 Å². The highest BCUT2D eigenvalue weighted by Gasteiger charge is 2.39. The third kappa shape index (κ3) is 2.59. The second kappa shape index (κ2) is 5.64. The molecule has 0 aliphatic carbocycles. The summed E-state index contributed by atoms with van der Waals surface area (Å²) in [6, 6.07) is 11.7. The van der Waals surface area contributed by atoms with E-state index in [4.69, 9.17) is 4.84 Å². The minimum atomic E-state index is -0.824. The van der Waals surface area contributed by atoms with Crippen LogP contribution in [0.2, 0.25) is 0 Å². The molecule has 1 atom stereocenters. The molecule has 2 aromatic rings. The minimum Gasteiger partial charge on any atom is -0.329 e. The van der Waals surface area contributed by atoms with Crippen molar-refractivity contribution in [2.75, 3.05) is 0 Å². The van der Waals surface area contributed by atoms with Crippen LogP contribution in [0.5, 0.6) is 0 Å². The van der Waals surface area contributed by atoms with Crippen molar-refractivity contribution in [2.45, 2.75) is 12.8 Å². The maximum atomic E-state index is 13.2. The van der Waals surface area contributed by atoms with Gasteiger partial charge in [0.15, 0.2) is 0 Å². The number of amides is 2. The SMILES string of the molecule is CC(C(=O)ON1C(=O)c2ccccc2C1=O)c1cccc(F)c1. The Morgan fingerprint density at radius 2 is 1.65 bits per heavy atom. The van der Waals surface area contributed by atoms with Gasteiger partial charge in [0.25, 0.3) is 11.8 Å². The molecule has 1 aliphatic heterocycles. The molecule has 1 aliphatic rings. The molecule has 0 spiro atoms. The van der Waals surface area contributed by atoms with E-state index < -0.39 is 29.5 Å². The third-order valence-electron chi connectivity index (χ3n) is 3.64. The van der Waals surface area contributed by atoms with E-state index in [9.17, 15) is 18.8 Å². The number of hydrogen-bond donors (Lipinski definition) is 0. The zero-order chi connectivity index (χ0) is 16.6. The van der Waals surface area contributed by atoms with Crippen molar-refractivity contribution in [3.8, 4) is 0 Å². The van der Waals surface area contributed by atoms with Crippen LogP contribution in [0.1, 0.15) is 39.1 Å². The summed E-state index contributed by atoms with van der Waals surface area (Å²) in [4.78, 5) is 41.4. The quantitative estimate of drug-likeness (QED) is 0.817. The lowest BCUT2D eigenvalue weighted by atomic mass is 10.0. The maximum Gasteiger partial charge on any atom is 0.340 e. The molecule has 0 N–H and O–H groups in total. The fraction of sp³-hybridized carbons (Fsp3) is 0.118. The Morgan fingerprint density at radius 3 is 2.22 bits per heavy atom. The Labute approximate surface area is 131 Å². The molecule has 116 valence electrons. The second-order valence-corrected chi connectivity index (χ2v) is 5.14. The van der Waals surface area contributed by atoms with Gasteiger partial charge in [0.05, 0.1) is 17.0 Å². The summed E-state index contributed by atoms with van der Waals surface area (Å²) in [6.45, 7) is 1.51. The molecule has 23 heavy (non-hydrogen) atoms. The van der Waals surface area contributed by atoms with Gasteiger partial charge in [-0.15, -0.1) is 0 Å². The molecule has 2 amide bonds. The molecule has 0 bridgehead atoms. The Hall–Kier alpha value is -3.02. The van der Waals surface area contributed by atoms with Gasteiger partial charge in [-0.2, -0.15) is 0 Å². The molecule has 0 radical (unpaired) electrons. The molecule has 5 nitrogen and oxygen atoms in total. The number of hydroxylamine groups is 2. The Bertz CT molecular complexity index is 783. The first-order valence-corrected chi connectivity index (χ1v) is 6.94. The van der Waals surface area contributed by atoms with Gasteiger partial charge in [-0.3, -0.25) is 9.59 Å². The summed E-state index contributed by atoms with van der Waals surface area (Å²) in [5, 5.41) is 0.447. The Kier molecular flexibility index (Phi) is 3.65. The van der Waals surface area contributed by atoms with E-state index in [1.165, 1.54) is 37.3 Å². The van der Waals surface area contributed by atoms with Gasteiger partial charge in [-0.1, -0.05) is 29.3 Å². The lowest BCUT2D eigenvalue weighted by molar-refractivity contribution is -0.170. The standard InChI is InChI=1S/C17H12FNO4/c1-10(11-5-4-6-12(18)9-11)17(22)23-19-15(20)13-7-2-3-8-14(13)16(19)21/h2-10H,1H3. The van der Waals surface area contributed by atoms with Crippen LogP contribution in [-0.4, -0.2) is 22.8 Å². The molecule has 0 aromatic heterocycles. The van der Waals surface area contributed by atoms with E-state index in [-0.39, 0.29) is 11.1 Å². The molecule has 2 aromatic carbocycles. The number of carbonyl (C=O) groups excluding carboxylic acids is 3. The topological polar surface area (TPSA) is 63.7 Å². The first kappa shape index (κ1) is 14.9. The van der Waals surface area contributed by atoms with Crippen molar-refractivity contribution in [1.29, 1.82) is 0 Å². The summed E-state index contributed by atoms with van der Waals surface area (Å²) >= 11 is 0. The van der Waals surface area contributed by atoms with Crippen LogP contribution >= 0.6 is 0 Å². The average Bonchev–Trinajstić information content (AvgIpc) is 2.79. The molecule has 1 heterocycles. The van der Waals surface area contributed by atoms with Crippen molar-refractivity contribution in [3.05, 3.63) is 71.0 Å². The van der Waals surface area contributed by atoms with E-state index in [0.29, 0.717) is 10.6 Å². The number of fused-ring (bicyclic) bond motifs is 1. The Balaban J connectivity index is 1.79.